The SMILES string of the molecule is NN(C(=O)O)c1cncnc1. The van der Waals surface area contributed by atoms with Crippen molar-refractivity contribution in [1.82, 2.24) is 9.97 Å². The van der Waals surface area contributed by atoms with Gasteiger partial charge in [0.25, 0.3) is 0 Å². The van der Waals surface area contributed by atoms with Crippen LogP contribution in [0.2, 0.25) is 0 Å². The van der Waals surface area contributed by atoms with E-state index in [9.17, 15) is 4.79 Å². The van der Waals surface area contributed by atoms with Crippen LogP contribution in [0.5, 0.6) is 0 Å². The van der Waals surface area contributed by atoms with Gasteiger partial charge in [0, 0.05) is 0 Å². The molecule has 6 nitrogen and oxygen atoms in total. The van der Waals surface area contributed by atoms with Crippen LogP contribution in [0.3, 0.4) is 0 Å². The molecular formula is C5H6N4O2. The Bertz CT molecular complexity index is 250. The average molecular weight is 154 g/mol. The van der Waals surface area contributed by atoms with Gasteiger partial charge in [0.05, 0.1) is 12.4 Å². The topological polar surface area (TPSA) is 92.3 Å². The molecule has 1 heterocycles. The van der Waals surface area contributed by atoms with Crippen LogP contribution in [0.1, 0.15) is 0 Å². The maximum absolute atomic E-state index is 10.2. The number of carboxylic acid groups (broad SMARTS) is 1. The summed E-state index contributed by atoms with van der Waals surface area (Å²) in [5, 5.41) is 8.92. The molecule has 1 aromatic rings. The van der Waals surface area contributed by atoms with Gasteiger partial charge in [-0.2, -0.15) is 0 Å². The summed E-state index contributed by atoms with van der Waals surface area (Å²) < 4.78 is 0. The summed E-state index contributed by atoms with van der Waals surface area (Å²) in [7, 11) is 0. The van der Waals surface area contributed by atoms with Gasteiger partial charge in [0.15, 0.2) is 0 Å². The van der Waals surface area contributed by atoms with Crippen LogP contribution in [0.15, 0.2) is 18.7 Å². The Morgan fingerprint density at radius 2 is 2.09 bits per heavy atom. The fourth-order valence-corrected chi connectivity index (χ4v) is 0.526. The molecule has 1 amide bonds. The van der Waals surface area contributed by atoms with Crippen molar-refractivity contribution in [2.24, 2.45) is 5.84 Å². The standard InChI is InChI=1S/C5H6N4O2/c6-9(5(10)11)4-1-7-3-8-2-4/h1-3H,6H2,(H,10,11). The molecule has 0 saturated heterocycles. The zero-order chi connectivity index (χ0) is 8.27. The highest BCUT2D eigenvalue weighted by molar-refractivity contribution is 5.83. The van der Waals surface area contributed by atoms with Crippen molar-refractivity contribution in [2.75, 3.05) is 5.01 Å². The molecule has 0 radical (unpaired) electrons. The molecule has 0 aliphatic carbocycles. The van der Waals surface area contributed by atoms with Crippen molar-refractivity contribution in [3.63, 3.8) is 0 Å². The monoisotopic (exact) mass is 154 g/mol. The number of hydrogen-bond acceptors (Lipinski definition) is 4. The van der Waals surface area contributed by atoms with E-state index in [1.165, 1.54) is 18.7 Å². The summed E-state index contributed by atoms with van der Waals surface area (Å²) >= 11 is 0. The molecule has 0 atom stereocenters. The van der Waals surface area contributed by atoms with E-state index in [4.69, 9.17) is 10.9 Å². The van der Waals surface area contributed by atoms with E-state index in [-0.39, 0.29) is 5.69 Å². The molecule has 0 aliphatic heterocycles. The molecular weight excluding hydrogens is 148 g/mol. The lowest BCUT2D eigenvalue weighted by molar-refractivity contribution is 0.202. The number of rotatable bonds is 1. The van der Waals surface area contributed by atoms with Gasteiger partial charge in [-0.25, -0.2) is 25.6 Å². The molecule has 0 saturated carbocycles. The molecule has 0 unspecified atom stereocenters. The molecule has 6 heteroatoms. The van der Waals surface area contributed by atoms with Crippen molar-refractivity contribution >= 4 is 11.8 Å². The van der Waals surface area contributed by atoms with Crippen LogP contribution in [0, 0.1) is 0 Å². The summed E-state index contributed by atoms with van der Waals surface area (Å²) in [5.74, 6) is 5.09. The second-order valence-corrected chi connectivity index (χ2v) is 1.75. The van der Waals surface area contributed by atoms with Crippen molar-refractivity contribution in [1.29, 1.82) is 0 Å². The molecule has 0 spiro atoms. The maximum atomic E-state index is 10.2. The van der Waals surface area contributed by atoms with Crippen molar-refractivity contribution in [3.8, 4) is 0 Å². The molecule has 0 aromatic carbocycles. The van der Waals surface area contributed by atoms with E-state index < -0.39 is 6.09 Å². The second-order valence-electron chi connectivity index (χ2n) is 1.75. The number of nitrogens with two attached hydrogens (primary N) is 1. The predicted molar refractivity (Wildman–Crippen MR) is 36.7 cm³/mol. The number of nitrogens with zero attached hydrogens (tertiary/aromatic N) is 3. The van der Waals surface area contributed by atoms with Gasteiger partial charge < -0.3 is 5.11 Å². The van der Waals surface area contributed by atoms with E-state index in [0.717, 1.165) is 0 Å². The van der Waals surface area contributed by atoms with Crippen LogP contribution in [0.25, 0.3) is 0 Å². The Balaban J connectivity index is 2.85. The largest absolute Gasteiger partial charge is 0.464 e. The average Bonchev–Trinajstić information content (AvgIpc) is 2.05. The third-order valence-corrected chi connectivity index (χ3v) is 1.03. The van der Waals surface area contributed by atoms with Gasteiger partial charge >= 0.3 is 6.09 Å². The van der Waals surface area contributed by atoms with Crippen LogP contribution < -0.4 is 10.9 Å². The van der Waals surface area contributed by atoms with Gasteiger partial charge in [0.1, 0.15) is 12.0 Å². The van der Waals surface area contributed by atoms with Gasteiger partial charge in [-0.1, -0.05) is 0 Å². The Hall–Kier alpha value is -1.69. The van der Waals surface area contributed by atoms with E-state index in [2.05, 4.69) is 9.97 Å². The number of hydrogen-bond donors (Lipinski definition) is 2. The lowest BCUT2D eigenvalue weighted by Gasteiger charge is -2.09. The maximum Gasteiger partial charge on any atom is 0.426 e. The van der Waals surface area contributed by atoms with E-state index >= 15 is 0 Å². The highest BCUT2D eigenvalue weighted by Crippen LogP contribution is 2.04. The highest BCUT2D eigenvalue weighted by Gasteiger charge is 2.08. The first-order valence-electron chi connectivity index (χ1n) is 2.74. The normalized spacial score (nSPS) is 9.18. The van der Waals surface area contributed by atoms with Gasteiger partial charge in [-0.15, -0.1) is 0 Å². The third kappa shape index (κ3) is 1.62. The zero-order valence-electron chi connectivity index (χ0n) is 5.51. The second kappa shape index (κ2) is 2.93. The molecule has 1 aromatic heterocycles. The molecule has 0 aliphatic rings. The minimum atomic E-state index is -1.25. The lowest BCUT2D eigenvalue weighted by atomic mass is 10.5. The molecule has 0 bridgehead atoms. The Morgan fingerprint density at radius 3 is 2.55 bits per heavy atom. The first-order valence-corrected chi connectivity index (χ1v) is 2.74. The molecule has 11 heavy (non-hydrogen) atoms. The van der Waals surface area contributed by atoms with Crippen LogP contribution in [-0.4, -0.2) is 21.2 Å². The summed E-state index contributed by atoms with van der Waals surface area (Å²) in [4.78, 5) is 17.4. The Labute approximate surface area is 62.3 Å². The predicted octanol–water partition coefficient (Wildman–Crippen LogP) is -0.165. The molecule has 58 valence electrons. The summed E-state index contributed by atoms with van der Waals surface area (Å²) in [6.45, 7) is 0. The first kappa shape index (κ1) is 7.42. The molecule has 1 rings (SSSR count). The minimum absolute atomic E-state index is 0.236. The van der Waals surface area contributed by atoms with Gasteiger partial charge in [0.2, 0.25) is 0 Å². The van der Waals surface area contributed by atoms with E-state index in [0.29, 0.717) is 5.01 Å². The van der Waals surface area contributed by atoms with Crippen molar-refractivity contribution in [3.05, 3.63) is 18.7 Å². The number of carbonyl (C=O) groups is 1. The summed E-state index contributed by atoms with van der Waals surface area (Å²) in [6.07, 6.45) is 2.65. The van der Waals surface area contributed by atoms with E-state index in [1.807, 2.05) is 0 Å². The summed E-state index contributed by atoms with van der Waals surface area (Å²) in [6, 6.07) is 0. The quantitative estimate of drug-likeness (QED) is 0.333. The Kier molecular flexibility index (Phi) is 1.98. The first-order chi connectivity index (χ1) is 5.22. The van der Waals surface area contributed by atoms with Crippen LogP contribution in [-0.2, 0) is 0 Å². The number of anilines is 1. The fourth-order valence-electron chi connectivity index (χ4n) is 0.526. The smallest absolute Gasteiger partial charge is 0.426 e. The number of aromatic nitrogens is 2. The van der Waals surface area contributed by atoms with Crippen molar-refractivity contribution in [2.45, 2.75) is 0 Å². The Morgan fingerprint density at radius 1 is 1.55 bits per heavy atom. The molecule has 3 N–H and O–H groups in total. The lowest BCUT2D eigenvalue weighted by Crippen LogP contribution is -2.36. The van der Waals surface area contributed by atoms with Gasteiger partial charge in [-0.05, 0) is 0 Å². The van der Waals surface area contributed by atoms with Crippen LogP contribution in [0.4, 0.5) is 10.5 Å². The highest BCUT2D eigenvalue weighted by atomic mass is 16.4. The number of amides is 1. The summed E-state index contributed by atoms with van der Waals surface area (Å²) in [5.41, 5.74) is 0.236. The minimum Gasteiger partial charge on any atom is -0.464 e. The fraction of sp³-hybridized carbons (Fsp3) is 0. The third-order valence-electron chi connectivity index (χ3n) is 1.03. The number of hydrazine groups is 1. The zero-order valence-corrected chi connectivity index (χ0v) is 5.51. The van der Waals surface area contributed by atoms with Crippen LogP contribution >= 0.6 is 0 Å². The molecule has 0 fully saturated rings. The van der Waals surface area contributed by atoms with Gasteiger partial charge in [-0.3, -0.25) is 0 Å². The van der Waals surface area contributed by atoms with Crippen molar-refractivity contribution < 1.29 is 9.90 Å². The van der Waals surface area contributed by atoms with E-state index in [1.54, 1.807) is 0 Å².